The fourth-order valence-corrected chi connectivity index (χ4v) is 4.97. The molecule has 4 heterocycles. The van der Waals surface area contributed by atoms with Gasteiger partial charge in [0.2, 0.25) is 0 Å². The maximum absolute atomic E-state index is 5.65. The molecule has 1 aliphatic rings. The van der Waals surface area contributed by atoms with Crippen molar-refractivity contribution in [3.8, 4) is 17.1 Å². The number of methoxy groups -OCH3 is 2. The van der Waals surface area contributed by atoms with Gasteiger partial charge in [-0.1, -0.05) is 23.8 Å². The lowest BCUT2D eigenvalue weighted by atomic mass is 10.1. The van der Waals surface area contributed by atoms with Gasteiger partial charge in [-0.3, -0.25) is 0 Å². The number of pyridine rings is 1. The summed E-state index contributed by atoms with van der Waals surface area (Å²) in [7, 11) is 3.44. The number of aryl methyl sites for hydroxylation is 3. The highest BCUT2D eigenvalue weighted by Gasteiger charge is 2.23. The Labute approximate surface area is 218 Å². The molecule has 196 valence electrons. The number of hydrogen-bond donors (Lipinski definition) is 0. The predicted molar refractivity (Wildman–Crippen MR) is 144 cm³/mol. The van der Waals surface area contributed by atoms with Gasteiger partial charge < -0.3 is 23.7 Å². The molecule has 0 unspecified atom stereocenters. The van der Waals surface area contributed by atoms with E-state index < -0.39 is 0 Å². The summed E-state index contributed by atoms with van der Waals surface area (Å²) in [4.78, 5) is 12.6. The molecule has 3 aromatic heterocycles. The first-order valence-corrected chi connectivity index (χ1v) is 13.0. The number of imidazole rings is 1. The first kappa shape index (κ1) is 25.4. The van der Waals surface area contributed by atoms with Gasteiger partial charge in [-0.05, 0) is 32.4 Å². The van der Waals surface area contributed by atoms with Crippen LogP contribution in [0.25, 0.3) is 28.2 Å². The monoisotopic (exact) mass is 504 g/mol. The molecule has 4 aromatic rings. The van der Waals surface area contributed by atoms with E-state index in [0.717, 1.165) is 77.9 Å². The standard InChI is InChI=1S/C28H36N6O3/c1-5-33-25(10-7-13-35-3)29-27-24(32-11-14-37-15-12-32)18-26(30-28(27)33)34-22(19-36-4)17-23(31-34)21-9-6-8-20(2)16-21/h6,8-9,16-18H,5,7,10-15,19H2,1-4H3. The number of hydrogen-bond acceptors (Lipinski definition) is 7. The lowest BCUT2D eigenvalue weighted by molar-refractivity contribution is 0.123. The quantitative estimate of drug-likeness (QED) is 0.300. The highest BCUT2D eigenvalue weighted by atomic mass is 16.5. The lowest BCUT2D eigenvalue weighted by Gasteiger charge is -2.29. The van der Waals surface area contributed by atoms with Crippen LogP contribution < -0.4 is 4.90 Å². The molecule has 0 spiro atoms. The van der Waals surface area contributed by atoms with Crippen molar-refractivity contribution in [1.82, 2.24) is 24.3 Å². The Hall–Kier alpha value is -3.27. The van der Waals surface area contributed by atoms with Crippen molar-refractivity contribution in [1.29, 1.82) is 0 Å². The Morgan fingerprint density at radius 2 is 1.86 bits per heavy atom. The summed E-state index contributed by atoms with van der Waals surface area (Å²) in [5, 5.41) is 5.01. The van der Waals surface area contributed by atoms with Gasteiger partial charge in [0.05, 0.1) is 36.9 Å². The van der Waals surface area contributed by atoms with Gasteiger partial charge in [0, 0.05) is 58.5 Å². The maximum Gasteiger partial charge on any atom is 0.164 e. The fraction of sp³-hybridized carbons (Fsp3) is 0.464. The van der Waals surface area contributed by atoms with Gasteiger partial charge in [-0.2, -0.15) is 5.10 Å². The zero-order valence-corrected chi connectivity index (χ0v) is 22.2. The third kappa shape index (κ3) is 5.25. The minimum absolute atomic E-state index is 0.431. The molecular formula is C28H36N6O3. The smallest absolute Gasteiger partial charge is 0.164 e. The highest BCUT2D eigenvalue weighted by molar-refractivity contribution is 5.88. The summed E-state index contributed by atoms with van der Waals surface area (Å²) in [5.41, 5.74) is 6.99. The van der Waals surface area contributed by atoms with Crippen LogP contribution >= 0.6 is 0 Å². The molecule has 0 bridgehead atoms. The Morgan fingerprint density at radius 3 is 2.59 bits per heavy atom. The van der Waals surface area contributed by atoms with Crippen molar-refractivity contribution >= 4 is 16.9 Å². The molecule has 37 heavy (non-hydrogen) atoms. The molecule has 1 saturated heterocycles. The Bertz CT molecular complexity index is 1360. The molecule has 1 aliphatic heterocycles. The summed E-state index contributed by atoms with van der Waals surface area (Å²) in [6, 6.07) is 12.6. The molecular weight excluding hydrogens is 468 g/mol. The van der Waals surface area contributed by atoms with E-state index >= 15 is 0 Å². The number of rotatable bonds is 10. The van der Waals surface area contributed by atoms with E-state index in [0.29, 0.717) is 26.4 Å². The zero-order chi connectivity index (χ0) is 25.8. The molecule has 9 heteroatoms. The topological polar surface area (TPSA) is 79.5 Å². The van der Waals surface area contributed by atoms with Gasteiger partial charge in [0.1, 0.15) is 11.3 Å². The van der Waals surface area contributed by atoms with Gasteiger partial charge in [-0.25, -0.2) is 14.6 Å². The van der Waals surface area contributed by atoms with Crippen molar-refractivity contribution in [2.75, 3.05) is 52.0 Å². The molecule has 0 amide bonds. The van der Waals surface area contributed by atoms with Gasteiger partial charge in [0.25, 0.3) is 0 Å². The van der Waals surface area contributed by atoms with E-state index in [1.165, 1.54) is 5.56 Å². The van der Waals surface area contributed by atoms with Crippen LogP contribution in [0.5, 0.6) is 0 Å². The lowest BCUT2D eigenvalue weighted by Crippen LogP contribution is -2.36. The molecule has 0 saturated carbocycles. The maximum atomic E-state index is 5.65. The summed E-state index contributed by atoms with van der Waals surface area (Å²) in [5.74, 6) is 1.80. The number of fused-ring (bicyclic) bond motifs is 1. The van der Waals surface area contributed by atoms with E-state index in [1.807, 2.05) is 4.68 Å². The molecule has 9 nitrogen and oxygen atoms in total. The van der Waals surface area contributed by atoms with Crippen LogP contribution in [0.3, 0.4) is 0 Å². The second-order valence-electron chi connectivity index (χ2n) is 9.38. The van der Waals surface area contributed by atoms with Gasteiger partial charge in [0.15, 0.2) is 11.5 Å². The third-order valence-electron chi connectivity index (χ3n) is 6.77. The van der Waals surface area contributed by atoms with Crippen LogP contribution in [-0.2, 0) is 33.8 Å². The van der Waals surface area contributed by atoms with E-state index in [9.17, 15) is 0 Å². The second-order valence-corrected chi connectivity index (χ2v) is 9.38. The number of morpholine rings is 1. The van der Waals surface area contributed by atoms with Crippen molar-refractivity contribution in [3.05, 3.63) is 53.5 Å². The summed E-state index contributed by atoms with van der Waals surface area (Å²) in [6.45, 7) is 9.18. The van der Waals surface area contributed by atoms with Gasteiger partial charge >= 0.3 is 0 Å². The second kappa shape index (κ2) is 11.4. The summed E-state index contributed by atoms with van der Waals surface area (Å²) < 4.78 is 20.6. The van der Waals surface area contributed by atoms with Crippen LogP contribution in [0.2, 0.25) is 0 Å². The Kier molecular flexibility index (Phi) is 7.83. The number of aromatic nitrogens is 5. The van der Waals surface area contributed by atoms with Crippen LogP contribution in [0.15, 0.2) is 36.4 Å². The predicted octanol–water partition coefficient (Wildman–Crippen LogP) is 4.17. The average Bonchev–Trinajstić information content (AvgIpc) is 3.50. The molecule has 0 aliphatic carbocycles. The Morgan fingerprint density at radius 1 is 1.03 bits per heavy atom. The number of benzene rings is 1. The van der Waals surface area contributed by atoms with Crippen molar-refractivity contribution in [2.24, 2.45) is 0 Å². The Balaban J connectivity index is 1.67. The highest BCUT2D eigenvalue weighted by Crippen LogP contribution is 2.31. The van der Waals surface area contributed by atoms with Gasteiger partial charge in [-0.15, -0.1) is 0 Å². The zero-order valence-electron chi connectivity index (χ0n) is 22.2. The molecule has 0 atom stereocenters. The number of anilines is 1. The molecule has 1 fully saturated rings. The molecule has 1 aromatic carbocycles. The number of ether oxygens (including phenoxy) is 3. The van der Waals surface area contributed by atoms with Crippen LogP contribution in [-0.4, -0.2) is 71.4 Å². The minimum atomic E-state index is 0.431. The number of nitrogens with zero attached hydrogens (tertiary/aromatic N) is 6. The minimum Gasteiger partial charge on any atom is -0.385 e. The van der Waals surface area contributed by atoms with Crippen LogP contribution in [0.4, 0.5) is 5.69 Å². The van der Waals surface area contributed by atoms with Crippen LogP contribution in [0.1, 0.15) is 30.4 Å². The van der Waals surface area contributed by atoms with Crippen LogP contribution in [0, 0.1) is 6.92 Å². The van der Waals surface area contributed by atoms with Crippen molar-refractivity contribution < 1.29 is 14.2 Å². The van der Waals surface area contributed by atoms with E-state index in [1.54, 1.807) is 14.2 Å². The summed E-state index contributed by atoms with van der Waals surface area (Å²) >= 11 is 0. The molecule has 0 N–H and O–H groups in total. The van der Waals surface area contributed by atoms with E-state index in [-0.39, 0.29) is 0 Å². The molecule has 5 rings (SSSR count). The van der Waals surface area contributed by atoms with E-state index in [2.05, 4.69) is 59.7 Å². The summed E-state index contributed by atoms with van der Waals surface area (Å²) in [6.07, 6.45) is 1.75. The van der Waals surface area contributed by atoms with Crippen molar-refractivity contribution in [3.63, 3.8) is 0 Å². The first-order valence-electron chi connectivity index (χ1n) is 13.0. The molecule has 0 radical (unpaired) electrons. The SMILES string of the molecule is CCn1c(CCCOC)nc2c(N3CCOCC3)cc(-n3nc(-c4cccc(C)c4)cc3COC)nc21. The first-order chi connectivity index (χ1) is 18.1. The normalized spacial score (nSPS) is 14.1. The van der Waals surface area contributed by atoms with E-state index in [4.69, 9.17) is 29.3 Å². The fourth-order valence-electron chi connectivity index (χ4n) is 4.97. The third-order valence-corrected chi connectivity index (χ3v) is 6.77. The average molecular weight is 505 g/mol. The largest absolute Gasteiger partial charge is 0.385 e. The van der Waals surface area contributed by atoms with Crippen molar-refractivity contribution in [2.45, 2.75) is 39.8 Å².